The Bertz CT molecular complexity index is 998. The van der Waals surface area contributed by atoms with Crippen molar-refractivity contribution in [1.29, 1.82) is 0 Å². The summed E-state index contributed by atoms with van der Waals surface area (Å²) in [7, 11) is 1.44. The molecule has 1 amide bonds. The molecule has 5 aliphatic carbocycles. The van der Waals surface area contributed by atoms with Crippen molar-refractivity contribution in [1.82, 2.24) is 10.3 Å². The molecule has 6 fully saturated rings. The van der Waals surface area contributed by atoms with Crippen LogP contribution in [0.4, 0.5) is 5.82 Å². The van der Waals surface area contributed by atoms with Gasteiger partial charge in [-0.2, -0.15) is 0 Å². The van der Waals surface area contributed by atoms with Gasteiger partial charge in [0, 0.05) is 30.2 Å². The molecule has 7 rings (SSSR count). The quantitative estimate of drug-likeness (QED) is 0.390. The summed E-state index contributed by atoms with van der Waals surface area (Å²) < 4.78 is 4.86. The van der Waals surface area contributed by atoms with Crippen LogP contribution in [0.3, 0.4) is 0 Å². The number of nitrogens with one attached hydrogen (secondary N) is 1. The number of esters is 1. The summed E-state index contributed by atoms with van der Waals surface area (Å²) in [6, 6.07) is 3.86. The fourth-order valence-corrected chi connectivity index (χ4v) is 9.41. The van der Waals surface area contributed by atoms with Gasteiger partial charge in [-0.05, 0) is 81.3 Å². The molecule has 0 spiro atoms. The van der Waals surface area contributed by atoms with Crippen molar-refractivity contribution >= 4 is 29.5 Å². The first kappa shape index (κ1) is 25.5. The number of amides is 1. The Labute approximate surface area is 224 Å². The van der Waals surface area contributed by atoms with E-state index in [2.05, 4.69) is 10.2 Å². The number of rotatable bonds is 7. The third-order valence-corrected chi connectivity index (χ3v) is 11.2. The van der Waals surface area contributed by atoms with Crippen molar-refractivity contribution in [3.05, 3.63) is 17.7 Å². The van der Waals surface area contributed by atoms with E-state index in [4.69, 9.17) is 9.72 Å². The van der Waals surface area contributed by atoms with E-state index in [1.54, 1.807) is 11.8 Å². The summed E-state index contributed by atoms with van der Waals surface area (Å²) in [6.07, 6.45) is 12.8. The summed E-state index contributed by atoms with van der Waals surface area (Å²) in [6.45, 7) is 1.62. The van der Waals surface area contributed by atoms with Gasteiger partial charge in [0.2, 0.25) is 0 Å². The zero-order valence-corrected chi connectivity index (χ0v) is 22.8. The van der Waals surface area contributed by atoms with Crippen molar-refractivity contribution < 1.29 is 19.4 Å². The number of aromatic nitrogens is 1. The highest BCUT2D eigenvalue weighted by Gasteiger charge is 2.57. The average molecular weight is 528 g/mol. The number of hydrogen-bond acceptors (Lipinski definition) is 7. The summed E-state index contributed by atoms with van der Waals surface area (Å²) in [4.78, 5) is 32.8. The SMILES string of the molecule is COC(=O)C[C@@H]1CCN(c2ccc(C(=O)NC3(O)C4CC5CC(C4)CC3C5)c(SC3CCCCC3)n2)C1. The lowest BCUT2D eigenvalue weighted by Crippen LogP contribution is -2.66. The lowest BCUT2D eigenvalue weighted by atomic mass is 9.52. The highest BCUT2D eigenvalue weighted by atomic mass is 32.2. The zero-order valence-electron chi connectivity index (χ0n) is 22.0. The molecule has 1 aromatic rings. The van der Waals surface area contributed by atoms with E-state index in [9.17, 15) is 14.7 Å². The number of carbonyl (C=O) groups excluding carboxylic acids is 2. The molecule has 7 nitrogen and oxygen atoms in total. The number of hydrogen-bond donors (Lipinski definition) is 2. The van der Waals surface area contributed by atoms with E-state index >= 15 is 0 Å². The maximum atomic E-state index is 13.8. The summed E-state index contributed by atoms with van der Waals surface area (Å²) in [5, 5.41) is 16.2. The van der Waals surface area contributed by atoms with Crippen LogP contribution in [0, 0.1) is 29.6 Å². The minimum Gasteiger partial charge on any atom is -0.469 e. The molecule has 202 valence electrons. The monoisotopic (exact) mass is 527 g/mol. The number of anilines is 1. The van der Waals surface area contributed by atoms with Crippen molar-refractivity contribution in [2.75, 3.05) is 25.1 Å². The van der Waals surface area contributed by atoms with E-state index < -0.39 is 5.72 Å². The second kappa shape index (κ2) is 10.4. The van der Waals surface area contributed by atoms with Gasteiger partial charge in [-0.15, -0.1) is 11.8 Å². The predicted octanol–water partition coefficient (Wildman–Crippen LogP) is 4.77. The highest BCUT2D eigenvalue weighted by Crippen LogP contribution is 2.57. The maximum Gasteiger partial charge on any atom is 0.305 e. The fraction of sp³-hybridized carbons (Fsp3) is 0.759. The van der Waals surface area contributed by atoms with E-state index in [0.717, 1.165) is 80.7 Å². The van der Waals surface area contributed by atoms with Gasteiger partial charge in [0.05, 0.1) is 19.1 Å². The molecule has 4 bridgehead atoms. The lowest BCUT2D eigenvalue weighted by molar-refractivity contribution is -0.184. The fourth-order valence-electron chi connectivity index (χ4n) is 8.09. The Balaban J connectivity index is 1.22. The number of aliphatic hydroxyl groups is 1. The molecule has 0 aromatic carbocycles. The minimum absolute atomic E-state index is 0.164. The van der Waals surface area contributed by atoms with E-state index in [1.165, 1.54) is 32.8 Å². The normalized spacial score (nSPS) is 35.1. The molecule has 37 heavy (non-hydrogen) atoms. The first-order valence-electron chi connectivity index (χ1n) is 14.5. The molecule has 2 heterocycles. The third-order valence-electron chi connectivity index (χ3n) is 9.91. The van der Waals surface area contributed by atoms with Gasteiger partial charge in [0.15, 0.2) is 0 Å². The van der Waals surface area contributed by atoms with Crippen molar-refractivity contribution in [3.63, 3.8) is 0 Å². The number of thioether (sulfide) groups is 1. The zero-order chi connectivity index (χ0) is 25.6. The van der Waals surface area contributed by atoms with Gasteiger partial charge in [0.1, 0.15) is 16.6 Å². The predicted molar refractivity (Wildman–Crippen MR) is 143 cm³/mol. The molecule has 5 saturated carbocycles. The molecular formula is C29H41N3O4S. The maximum absolute atomic E-state index is 13.8. The van der Waals surface area contributed by atoms with Crippen LogP contribution < -0.4 is 10.2 Å². The van der Waals surface area contributed by atoms with Crippen LogP contribution in [-0.4, -0.2) is 53.1 Å². The van der Waals surface area contributed by atoms with Gasteiger partial charge in [-0.3, -0.25) is 9.59 Å². The largest absolute Gasteiger partial charge is 0.469 e. The summed E-state index contributed by atoms with van der Waals surface area (Å²) >= 11 is 1.74. The third kappa shape index (κ3) is 5.12. The Hall–Kier alpha value is -1.80. The first-order valence-corrected chi connectivity index (χ1v) is 15.3. The molecule has 2 N–H and O–H groups in total. The number of pyridine rings is 1. The van der Waals surface area contributed by atoms with Gasteiger partial charge >= 0.3 is 5.97 Å². The number of methoxy groups -OCH3 is 1. The Morgan fingerprint density at radius 1 is 1.08 bits per heavy atom. The molecular weight excluding hydrogens is 486 g/mol. The highest BCUT2D eigenvalue weighted by molar-refractivity contribution is 7.99. The summed E-state index contributed by atoms with van der Waals surface area (Å²) in [5.41, 5.74) is -0.502. The number of carbonyl (C=O) groups is 2. The minimum atomic E-state index is -1.09. The topological polar surface area (TPSA) is 91.8 Å². The Kier molecular flexibility index (Phi) is 7.16. The van der Waals surface area contributed by atoms with Crippen LogP contribution in [0.15, 0.2) is 17.2 Å². The molecule has 1 aliphatic heterocycles. The molecule has 1 saturated heterocycles. The summed E-state index contributed by atoms with van der Waals surface area (Å²) in [5.74, 6) is 2.58. The van der Waals surface area contributed by atoms with Crippen LogP contribution >= 0.6 is 11.8 Å². The molecule has 1 aromatic heterocycles. The van der Waals surface area contributed by atoms with Gasteiger partial charge in [0.25, 0.3) is 5.91 Å². The number of nitrogens with zero attached hydrogens (tertiary/aromatic N) is 2. The smallest absolute Gasteiger partial charge is 0.305 e. The van der Waals surface area contributed by atoms with E-state index in [1.807, 2.05) is 12.1 Å². The number of ether oxygens (including phenoxy) is 1. The van der Waals surface area contributed by atoms with Crippen LogP contribution in [0.2, 0.25) is 0 Å². The van der Waals surface area contributed by atoms with Crippen molar-refractivity contribution in [2.24, 2.45) is 29.6 Å². The Morgan fingerprint density at radius 2 is 1.78 bits per heavy atom. The van der Waals surface area contributed by atoms with E-state index in [0.29, 0.717) is 17.2 Å². The Morgan fingerprint density at radius 3 is 2.46 bits per heavy atom. The van der Waals surface area contributed by atoms with Crippen molar-refractivity contribution in [2.45, 2.75) is 93.1 Å². The van der Waals surface area contributed by atoms with Gasteiger partial charge < -0.3 is 20.1 Å². The second-order valence-electron chi connectivity index (χ2n) is 12.4. The molecule has 8 heteroatoms. The first-order chi connectivity index (χ1) is 17.9. The molecule has 6 aliphatic rings. The van der Waals surface area contributed by atoms with Gasteiger partial charge in [-0.25, -0.2) is 4.98 Å². The van der Waals surface area contributed by atoms with Crippen molar-refractivity contribution in [3.8, 4) is 0 Å². The van der Waals surface area contributed by atoms with Crippen LogP contribution in [0.25, 0.3) is 0 Å². The second-order valence-corrected chi connectivity index (χ2v) is 13.7. The van der Waals surface area contributed by atoms with Crippen LogP contribution in [0.5, 0.6) is 0 Å². The van der Waals surface area contributed by atoms with Gasteiger partial charge in [-0.1, -0.05) is 19.3 Å². The van der Waals surface area contributed by atoms with E-state index in [-0.39, 0.29) is 29.6 Å². The molecule has 0 radical (unpaired) electrons. The molecule has 1 atom stereocenters. The van der Waals surface area contributed by atoms with Crippen LogP contribution in [0.1, 0.15) is 87.4 Å². The molecule has 0 unspecified atom stereocenters. The lowest BCUT2D eigenvalue weighted by Gasteiger charge is -2.58. The average Bonchev–Trinajstić information content (AvgIpc) is 3.36. The van der Waals surface area contributed by atoms with Crippen LogP contribution in [-0.2, 0) is 9.53 Å². The standard InChI is InChI=1S/C29H41N3O4S/c1-36-26(33)16-18-9-10-32(17-18)25-8-7-24(28(30-25)37-23-5-3-2-4-6-23)27(34)31-29(35)21-12-19-11-20(14-21)15-22(29)13-19/h7-8,18-23,35H,2-6,9-17H2,1H3,(H,31,34)/t18-,19?,20?,21?,22?,29?/m0/s1.